The fourth-order valence-electron chi connectivity index (χ4n) is 5.73. The van der Waals surface area contributed by atoms with E-state index in [-0.39, 0.29) is 23.2 Å². The van der Waals surface area contributed by atoms with Crippen LogP contribution in [-0.2, 0) is 32.6 Å². The highest BCUT2D eigenvalue weighted by atomic mass is 31.2. The smallest absolute Gasteiger partial charge is 0.394 e. The second-order valence-electron chi connectivity index (χ2n) is 11.1. The molecule has 21 nitrogen and oxygen atoms in total. The zero-order chi connectivity index (χ0) is 33.6. The SMILES string of the molecule is CNc1ncnc2c1ncn2[C@@H]1O[C@H](CO)[C@H](OP(=O)(O)OC[C@H]2O[C@@H](n3cnc4c(=O)[nH]c(N)nc43)C(O)[C@H]2OC(C)C)C1OC. The van der Waals surface area contributed by atoms with Gasteiger partial charge in [0.15, 0.2) is 35.1 Å². The van der Waals surface area contributed by atoms with E-state index in [2.05, 4.69) is 35.2 Å². The largest absolute Gasteiger partial charge is 0.472 e. The highest BCUT2D eigenvalue weighted by Gasteiger charge is 2.51. The first kappa shape index (κ1) is 33.3. The van der Waals surface area contributed by atoms with E-state index in [0.29, 0.717) is 17.0 Å². The molecule has 4 aromatic rings. The van der Waals surface area contributed by atoms with Crippen molar-refractivity contribution < 1.29 is 47.7 Å². The number of H-pyrrole nitrogens is 1. The summed E-state index contributed by atoms with van der Waals surface area (Å²) < 4.78 is 50.6. The number of aromatic amines is 1. The molecule has 0 bridgehead atoms. The quantitative estimate of drug-likeness (QED) is 0.0982. The minimum Gasteiger partial charge on any atom is -0.394 e. The molecule has 2 saturated heterocycles. The molecular weight excluding hydrogens is 647 g/mol. The van der Waals surface area contributed by atoms with Gasteiger partial charge in [0.05, 0.1) is 32.0 Å². The molecule has 0 aromatic carbocycles. The van der Waals surface area contributed by atoms with Crippen LogP contribution in [0.3, 0.4) is 0 Å². The van der Waals surface area contributed by atoms with Crippen LogP contribution in [0.1, 0.15) is 26.3 Å². The number of hydrogen-bond acceptors (Lipinski definition) is 17. The Hall–Kier alpha value is -3.63. The lowest BCUT2D eigenvalue weighted by Crippen LogP contribution is -2.39. The van der Waals surface area contributed by atoms with Crippen LogP contribution in [0.2, 0.25) is 0 Å². The molecule has 0 radical (unpaired) electrons. The third kappa shape index (κ3) is 6.22. The lowest BCUT2D eigenvalue weighted by molar-refractivity contribution is -0.0815. The Morgan fingerprint density at radius 3 is 2.45 bits per heavy atom. The summed E-state index contributed by atoms with van der Waals surface area (Å²) in [6, 6.07) is 0. The topological polar surface area (TPSA) is 278 Å². The Kier molecular flexibility index (Phi) is 9.28. The average molecular weight is 683 g/mol. The molecular formula is C25H35N10O11P. The van der Waals surface area contributed by atoms with Crippen LogP contribution in [0.4, 0.5) is 11.8 Å². The van der Waals surface area contributed by atoms with E-state index in [4.69, 9.17) is 33.7 Å². The van der Waals surface area contributed by atoms with Gasteiger partial charge in [0, 0.05) is 14.2 Å². The predicted molar refractivity (Wildman–Crippen MR) is 160 cm³/mol. The van der Waals surface area contributed by atoms with Gasteiger partial charge in [0.25, 0.3) is 5.56 Å². The van der Waals surface area contributed by atoms with Gasteiger partial charge in [-0.05, 0) is 13.8 Å². The maximum absolute atomic E-state index is 13.3. The molecule has 0 spiro atoms. The number of nitrogens with one attached hydrogen (secondary N) is 2. The van der Waals surface area contributed by atoms with E-state index in [1.54, 1.807) is 25.5 Å². The number of aromatic nitrogens is 8. The molecule has 4 aromatic heterocycles. The number of nitrogens with two attached hydrogens (primary N) is 1. The second kappa shape index (κ2) is 13.1. The first-order valence-electron chi connectivity index (χ1n) is 14.5. The zero-order valence-electron chi connectivity index (χ0n) is 25.6. The first-order chi connectivity index (χ1) is 22.5. The fraction of sp³-hybridized carbons (Fsp3) is 0.600. The minimum atomic E-state index is -4.91. The number of rotatable bonds is 12. The monoisotopic (exact) mass is 682 g/mol. The van der Waals surface area contributed by atoms with Crippen LogP contribution >= 0.6 is 7.82 Å². The summed E-state index contributed by atoms with van der Waals surface area (Å²) in [5, 5.41) is 24.2. The highest BCUT2D eigenvalue weighted by Crippen LogP contribution is 2.50. The summed E-state index contributed by atoms with van der Waals surface area (Å²) in [6.07, 6.45) is -5.42. The lowest BCUT2D eigenvalue weighted by atomic mass is 10.1. The van der Waals surface area contributed by atoms with Crippen LogP contribution in [-0.4, -0.2) is 124 Å². The van der Waals surface area contributed by atoms with Crippen molar-refractivity contribution in [3.05, 3.63) is 29.3 Å². The Morgan fingerprint density at radius 1 is 1.06 bits per heavy atom. The van der Waals surface area contributed by atoms with E-state index in [1.807, 2.05) is 0 Å². The van der Waals surface area contributed by atoms with Gasteiger partial charge in [-0.1, -0.05) is 0 Å². The van der Waals surface area contributed by atoms with Gasteiger partial charge in [-0.15, -0.1) is 0 Å². The molecule has 256 valence electrons. The van der Waals surface area contributed by atoms with Crippen molar-refractivity contribution in [3.8, 4) is 0 Å². The van der Waals surface area contributed by atoms with Gasteiger partial charge in [-0.3, -0.25) is 28.0 Å². The van der Waals surface area contributed by atoms with Crippen molar-refractivity contribution in [2.75, 3.05) is 38.4 Å². The maximum atomic E-state index is 13.3. The van der Waals surface area contributed by atoms with Crippen molar-refractivity contribution in [1.29, 1.82) is 0 Å². The second-order valence-corrected chi connectivity index (χ2v) is 12.5. The number of phosphoric acid groups is 1. The maximum Gasteiger partial charge on any atom is 0.472 e. The van der Waals surface area contributed by atoms with Gasteiger partial charge in [-0.2, -0.15) is 4.98 Å². The van der Waals surface area contributed by atoms with E-state index in [0.717, 1.165) is 0 Å². The molecule has 3 unspecified atom stereocenters. The summed E-state index contributed by atoms with van der Waals surface area (Å²) in [5.41, 5.74) is 5.96. The van der Waals surface area contributed by atoms with Crippen LogP contribution in [0.25, 0.3) is 22.3 Å². The summed E-state index contributed by atoms with van der Waals surface area (Å²) in [4.78, 5) is 46.4. The number of aliphatic hydroxyl groups excluding tert-OH is 2. The summed E-state index contributed by atoms with van der Waals surface area (Å²) in [6.45, 7) is 2.31. The van der Waals surface area contributed by atoms with Crippen molar-refractivity contribution >= 4 is 41.9 Å². The lowest BCUT2D eigenvalue weighted by Gasteiger charge is -2.26. The standard InChI is InChI=1S/C25H35N10O11P/c1-10(2)43-16-12(45-23(15(16)37)35-9-31-14-21(35)32-25(26)33-22(14)38)6-42-47(39,40)46-17-11(5-36)44-24(18(17)41-4)34-8-30-13-19(27-3)28-7-29-20(13)34/h7-12,15-18,23-24,36-37H,5-6H2,1-4H3,(H,39,40)(H,27,28,29)(H3,26,32,33,38)/t11-,12-,15?,16+,17+,18?,23-,24-/m1/s1. The molecule has 6 heterocycles. The van der Waals surface area contributed by atoms with Crippen LogP contribution in [0, 0.1) is 0 Å². The van der Waals surface area contributed by atoms with Crippen LogP contribution in [0.5, 0.6) is 0 Å². The summed E-state index contributed by atoms with van der Waals surface area (Å²) >= 11 is 0. The number of imidazole rings is 2. The molecule has 2 aliphatic heterocycles. The number of anilines is 2. The van der Waals surface area contributed by atoms with E-state index in [9.17, 15) is 24.5 Å². The molecule has 7 N–H and O–H groups in total. The molecule has 0 saturated carbocycles. The number of methoxy groups -OCH3 is 1. The Morgan fingerprint density at radius 2 is 1.77 bits per heavy atom. The van der Waals surface area contributed by atoms with E-state index >= 15 is 0 Å². The van der Waals surface area contributed by atoms with E-state index in [1.165, 1.54) is 30.7 Å². The number of aliphatic hydroxyl groups is 2. The van der Waals surface area contributed by atoms with Gasteiger partial charge in [0.2, 0.25) is 5.95 Å². The molecule has 9 atom stereocenters. The molecule has 0 amide bonds. The molecule has 22 heteroatoms. The predicted octanol–water partition coefficient (Wildman–Crippen LogP) is -0.958. The summed E-state index contributed by atoms with van der Waals surface area (Å²) in [5.74, 6) is 0.299. The van der Waals surface area contributed by atoms with Crippen molar-refractivity contribution in [1.82, 2.24) is 39.0 Å². The molecule has 6 rings (SSSR count). The fourth-order valence-corrected chi connectivity index (χ4v) is 6.68. The van der Waals surface area contributed by atoms with Crippen LogP contribution in [0.15, 0.2) is 23.8 Å². The van der Waals surface area contributed by atoms with Crippen molar-refractivity contribution in [3.63, 3.8) is 0 Å². The molecule has 2 aliphatic rings. The number of nitrogen functional groups attached to an aromatic ring is 1. The normalized spacial score (nSPS) is 29.3. The van der Waals surface area contributed by atoms with E-state index < -0.39 is 75.7 Å². The first-order valence-corrected chi connectivity index (χ1v) is 16.0. The van der Waals surface area contributed by atoms with Gasteiger partial charge in [-0.25, -0.2) is 24.5 Å². The number of hydrogen-bond donors (Lipinski definition) is 6. The molecule has 0 aliphatic carbocycles. The Bertz CT molecular complexity index is 1830. The van der Waals surface area contributed by atoms with Crippen molar-refractivity contribution in [2.24, 2.45) is 0 Å². The zero-order valence-corrected chi connectivity index (χ0v) is 26.5. The Balaban J connectivity index is 1.20. The third-order valence-corrected chi connectivity index (χ3v) is 8.71. The minimum absolute atomic E-state index is 0.0360. The highest BCUT2D eigenvalue weighted by molar-refractivity contribution is 7.47. The number of fused-ring (bicyclic) bond motifs is 2. The summed E-state index contributed by atoms with van der Waals surface area (Å²) in [7, 11) is -1.88. The number of ether oxygens (including phenoxy) is 4. The van der Waals surface area contributed by atoms with Crippen molar-refractivity contribution in [2.45, 2.75) is 69.0 Å². The van der Waals surface area contributed by atoms with Gasteiger partial charge >= 0.3 is 7.82 Å². The number of nitrogens with zero attached hydrogens (tertiary/aromatic N) is 7. The average Bonchev–Trinajstić information content (AvgIpc) is 3.79. The van der Waals surface area contributed by atoms with Gasteiger partial charge < -0.3 is 45.1 Å². The molecule has 47 heavy (non-hydrogen) atoms. The third-order valence-electron chi connectivity index (χ3n) is 7.73. The molecule has 2 fully saturated rings. The number of phosphoric ester groups is 1. The van der Waals surface area contributed by atoms with Crippen LogP contribution < -0.4 is 16.6 Å². The Labute approximate surface area is 265 Å². The van der Waals surface area contributed by atoms with Gasteiger partial charge in [0.1, 0.15) is 48.5 Å².